The van der Waals surface area contributed by atoms with Crippen molar-refractivity contribution in [1.82, 2.24) is 0 Å². The number of hydrogen-bond acceptors (Lipinski definition) is 1. The Morgan fingerprint density at radius 2 is 0.902 bits per heavy atom. The van der Waals surface area contributed by atoms with Crippen LogP contribution in [-0.4, -0.2) is 0 Å². The SMILES string of the molecule is [2H]c1c([2H])c([2H])c(-c2c([2H])c(-c3ccccc3)c([2H])c(-c3c4ccccc4c(-c4cccc5oc6ccc(-c7ccccc7)cc6c45)c4ccccc34)c2[2H])c([2H])c1[2H]. The second-order valence-corrected chi connectivity index (χ2v) is 12.6. The third kappa shape index (κ3) is 4.94. The van der Waals surface area contributed by atoms with Crippen LogP contribution in [0.15, 0.2) is 198 Å². The van der Waals surface area contributed by atoms with E-state index in [1.807, 2.05) is 91.0 Å². The zero-order valence-electron chi connectivity index (χ0n) is 35.3. The fourth-order valence-corrected chi connectivity index (χ4v) is 7.38. The van der Waals surface area contributed by atoms with Crippen molar-refractivity contribution in [3.05, 3.63) is 194 Å². The molecular formula is C50H32O. The van der Waals surface area contributed by atoms with Crippen molar-refractivity contribution in [2.75, 3.05) is 0 Å². The van der Waals surface area contributed by atoms with Gasteiger partial charge in [-0.1, -0.05) is 158 Å². The van der Waals surface area contributed by atoms with Crippen molar-refractivity contribution in [1.29, 1.82) is 0 Å². The molecular weight excluding hydrogens is 617 g/mol. The van der Waals surface area contributed by atoms with Gasteiger partial charge < -0.3 is 4.42 Å². The zero-order valence-corrected chi connectivity index (χ0v) is 27.3. The lowest BCUT2D eigenvalue weighted by Gasteiger charge is -2.19. The molecule has 1 aromatic heterocycles. The Kier molecular flexibility index (Phi) is 5.21. The molecule has 0 atom stereocenters. The summed E-state index contributed by atoms with van der Waals surface area (Å²) < 4.78 is 78.9. The highest BCUT2D eigenvalue weighted by Crippen LogP contribution is 2.48. The van der Waals surface area contributed by atoms with Crippen LogP contribution < -0.4 is 0 Å². The number of benzene rings is 9. The Hall–Kier alpha value is -6.70. The van der Waals surface area contributed by atoms with Crippen molar-refractivity contribution >= 4 is 43.5 Å². The van der Waals surface area contributed by atoms with E-state index in [-0.39, 0.29) is 40.4 Å². The number of hydrogen-bond donors (Lipinski definition) is 0. The molecule has 0 aliphatic carbocycles. The van der Waals surface area contributed by atoms with Gasteiger partial charge in [0.25, 0.3) is 0 Å². The van der Waals surface area contributed by atoms with Gasteiger partial charge in [0.05, 0.1) is 11.0 Å². The molecule has 0 spiro atoms. The fraction of sp³-hybridized carbons (Fsp3) is 0. The normalized spacial score (nSPS) is 13.7. The minimum Gasteiger partial charge on any atom is -0.456 e. The molecule has 51 heavy (non-hydrogen) atoms. The molecule has 0 aliphatic heterocycles. The molecule has 1 nitrogen and oxygen atoms in total. The molecule has 10 rings (SSSR count). The van der Waals surface area contributed by atoms with Crippen molar-refractivity contribution < 1.29 is 15.4 Å². The lowest BCUT2D eigenvalue weighted by atomic mass is 9.83. The topological polar surface area (TPSA) is 13.1 Å². The van der Waals surface area contributed by atoms with Crippen LogP contribution in [0.2, 0.25) is 0 Å². The Bertz CT molecular complexity index is 3270. The average molecular weight is 657 g/mol. The van der Waals surface area contributed by atoms with E-state index in [0.29, 0.717) is 11.1 Å². The molecule has 0 saturated heterocycles. The summed E-state index contributed by atoms with van der Waals surface area (Å²) in [6.07, 6.45) is 0. The maximum Gasteiger partial charge on any atom is 0.136 e. The van der Waals surface area contributed by atoms with Crippen molar-refractivity contribution in [2.24, 2.45) is 0 Å². The predicted octanol–water partition coefficient (Wildman–Crippen LogP) is 14.2. The summed E-state index contributed by atoms with van der Waals surface area (Å²) in [5, 5.41) is 5.16. The van der Waals surface area contributed by atoms with Gasteiger partial charge in [-0.2, -0.15) is 0 Å². The van der Waals surface area contributed by atoms with Gasteiger partial charge in [-0.25, -0.2) is 0 Å². The number of fused-ring (bicyclic) bond motifs is 5. The molecule has 9 aromatic carbocycles. The smallest absolute Gasteiger partial charge is 0.136 e. The Morgan fingerprint density at radius 1 is 0.353 bits per heavy atom. The zero-order chi connectivity index (χ0) is 40.7. The summed E-state index contributed by atoms with van der Waals surface area (Å²) >= 11 is 0. The number of rotatable bonds is 5. The highest BCUT2D eigenvalue weighted by atomic mass is 16.3. The summed E-state index contributed by atoms with van der Waals surface area (Å²) in [7, 11) is 0. The summed E-state index contributed by atoms with van der Waals surface area (Å²) in [5.74, 6) is 0. The molecule has 10 aromatic rings. The lowest BCUT2D eigenvalue weighted by Crippen LogP contribution is -1.92. The maximum atomic E-state index is 9.90. The van der Waals surface area contributed by atoms with Crippen LogP contribution in [0.4, 0.5) is 0 Å². The van der Waals surface area contributed by atoms with E-state index in [1.54, 1.807) is 24.3 Å². The van der Waals surface area contributed by atoms with Gasteiger partial charge in [-0.3, -0.25) is 0 Å². The quantitative estimate of drug-likeness (QED) is 0.168. The molecule has 1 heterocycles. The first-order valence-electron chi connectivity index (χ1n) is 20.9. The van der Waals surface area contributed by atoms with Crippen molar-refractivity contribution in [3.8, 4) is 55.6 Å². The molecule has 0 unspecified atom stereocenters. The van der Waals surface area contributed by atoms with Gasteiger partial charge in [-0.15, -0.1) is 0 Å². The van der Waals surface area contributed by atoms with Crippen molar-refractivity contribution in [2.45, 2.75) is 0 Å². The van der Waals surface area contributed by atoms with E-state index >= 15 is 0 Å². The van der Waals surface area contributed by atoms with E-state index in [1.165, 1.54) is 0 Å². The maximum absolute atomic E-state index is 9.90. The molecule has 238 valence electrons. The first kappa shape index (κ1) is 22.1. The summed E-state index contributed by atoms with van der Waals surface area (Å²) in [5.41, 5.74) is 6.69. The van der Waals surface area contributed by atoms with E-state index in [2.05, 4.69) is 30.3 Å². The van der Waals surface area contributed by atoms with Gasteiger partial charge in [0, 0.05) is 10.8 Å². The van der Waals surface area contributed by atoms with Gasteiger partial charge in [0.15, 0.2) is 0 Å². The minimum absolute atomic E-state index is 0.0678. The van der Waals surface area contributed by atoms with Crippen molar-refractivity contribution in [3.63, 3.8) is 0 Å². The van der Waals surface area contributed by atoms with E-state index < -0.39 is 30.2 Å². The van der Waals surface area contributed by atoms with Crippen LogP contribution in [-0.2, 0) is 0 Å². The first-order chi connectivity index (χ1) is 28.7. The van der Waals surface area contributed by atoms with Crippen LogP contribution >= 0.6 is 0 Å². The summed E-state index contributed by atoms with van der Waals surface area (Å²) in [6, 6.07) is 44.1. The second kappa shape index (κ2) is 12.0. The van der Waals surface area contributed by atoms with Crippen LogP contribution in [0.5, 0.6) is 0 Å². The van der Waals surface area contributed by atoms with E-state index in [4.69, 9.17) is 11.3 Å². The number of furan rings is 1. The van der Waals surface area contributed by atoms with Gasteiger partial charge in [0.1, 0.15) is 11.2 Å². The Morgan fingerprint density at radius 3 is 1.55 bits per heavy atom. The standard InChI is InChI=1S/C50H32O/c1-4-15-33(16-5-1)36-27-28-46-45(32-36)50-44(25-14-26-47(50)51-46)49-42-23-12-10-21-40(42)48(41-22-11-13-24-43(41)49)39-30-37(34-17-6-2-7-18-34)29-38(31-39)35-19-8-3-9-20-35/h1-32H/i2D,6D,7D,17D,18D,29D,30D,31D. The van der Waals surface area contributed by atoms with Crippen LogP contribution in [0.3, 0.4) is 0 Å². The van der Waals surface area contributed by atoms with Crippen LogP contribution in [0.25, 0.3) is 99.1 Å². The third-order valence-corrected chi connectivity index (χ3v) is 9.62. The van der Waals surface area contributed by atoms with Gasteiger partial charge >= 0.3 is 0 Å². The molecule has 0 fully saturated rings. The molecule has 0 saturated carbocycles. The molecule has 1 heteroatoms. The minimum atomic E-state index is -0.563. The first-order valence-corrected chi connectivity index (χ1v) is 16.9. The molecule has 0 aliphatic rings. The third-order valence-electron chi connectivity index (χ3n) is 9.62. The largest absolute Gasteiger partial charge is 0.456 e. The molecule has 0 amide bonds. The molecule has 0 bridgehead atoms. The summed E-state index contributed by atoms with van der Waals surface area (Å²) in [4.78, 5) is 0. The highest BCUT2D eigenvalue weighted by Gasteiger charge is 2.21. The van der Waals surface area contributed by atoms with Gasteiger partial charge in [-0.05, 0) is 114 Å². The summed E-state index contributed by atoms with van der Waals surface area (Å²) in [6.45, 7) is 0. The Labute approximate surface area is 307 Å². The Balaban J connectivity index is 1.35. The monoisotopic (exact) mass is 656 g/mol. The molecule has 0 N–H and O–H groups in total. The van der Waals surface area contributed by atoms with Crippen LogP contribution in [0, 0.1) is 0 Å². The van der Waals surface area contributed by atoms with Crippen LogP contribution in [0.1, 0.15) is 11.0 Å². The van der Waals surface area contributed by atoms with E-state index in [0.717, 1.165) is 65.7 Å². The fourth-order valence-electron chi connectivity index (χ4n) is 7.38. The second-order valence-electron chi connectivity index (χ2n) is 12.6. The highest BCUT2D eigenvalue weighted by molar-refractivity contribution is 6.26. The lowest BCUT2D eigenvalue weighted by molar-refractivity contribution is 0.669. The van der Waals surface area contributed by atoms with Gasteiger partial charge in [0.2, 0.25) is 0 Å². The molecule has 0 radical (unpaired) electrons. The van der Waals surface area contributed by atoms with E-state index in [9.17, 15) is 4.11 Å². The average Bonchev–Trinajstić information content (AvgIpc) is 3.65. The predicted molar refractivity (Wildman–Crippen MR) is 216 cm³/mol.